The van der Waals surface area contributed by atoms with Gasteiger partial charge in [-0.25, -0.2) is 4.39 Å². The normalized spacial score (nSPS) is 10.8. The van der Waals surface area contributed by atoms with Gasteiger partial charge in [-0.05, 0) is 43.8 Å². The van der Waals surface area contributed by atoms with Gasteiger partial charge in [-0.15, -0.1) is 0 Å². The molecular formula is C16H21FN2O. The van der Waals surface area contributed by atoms with E-state index in [0.717, 1.165) is 30.3 Å². The van der Waals surface area contributed by atoms with Crippen LogP contribution in [0.15, 0.2) is 34.7 Å². The Kier molecular flexibility index (Phi) is 4.79. The van der Waals surface area contributed by atoms with Gasteiger partial charge in [0.05, 0.1) is 6.54 Å². The minimum absolute atomic E-state index is 0.219. The van der Waals surface area contributed by atoms with Gasteiger partial charge in [0, 0.05) is 24.8 Å². The number of halogens is 1. The molecule has 2 rings (SSSR count). The maximum absolute atomic E-state index is 12.9. The molecule has 0 saturated carbocycles. The second-order valence-corrected chi connectivity index (χ2v) is 4.91. The van der Waals surface area contributed by atoms with Crippen LogP contribution in [0, 0.1) is 12.7 Å². The molecule has 0 bridgehead atoms. The molecule has 0 saturated heterocycles. The number of anilines is 1. The third kappa shape index (κ3) is 3.61. The second kappa shape index (κ2) is 6.57. The maximum Gasteiger partial charge on any atom is 0.123 e. The standard InChI is InChI=1S/C16H21FN2O/c1-4-18-10-13-9-16(20-12(13)2)11-19(3)15-7-5-14(17)6-8-15/h5-9,18H,4,10-11H2,1-3H3. The lowest BCUT2D eigenvalue weighted by Crippen LogP contribution is -2.15. The van der Waals surface area contributed by atoms with Crippen LogP contribution in [0.25, 0.3) is 0 Å². The number of hydrogen-bond donors (Lipinski definition) is 1. The molecule has 0 unspecified atom stereocenters. The monoisotopic (exact) mass is 276 g/mol. The van der Waals surface area contributed by atoms with E-state index >= 15 is 0 Å². The summed E-state index contributed by atoms with van der Waals surface area (Å²) in [5.41, 5.74) is 2.16. The molecule has 3 nitrogen and oxygen atoms in total. The predicted octanol–water partition coefficient (Wildman–Crippen LogP) is 3.47. The molecular weight excluding hydrogens is 255 g/mol. The summed E-state index contributed by atoms with van der Waals surface area (Å²) in [6.45, 7) is 6.49. The van der Waals surface area contributed by atoms with E-state index in [-0.39, 0.29) is 5.82 Å². The van der Waals surface area contributed by atoms with Gasteiger partial charge in [-0.2, -0.15) is 0 Å². The number of furan rings is 1. The molecule has 1 aromatic carbocycles. The lowest BCUT2D eigenvalue weighted by Gasteiger charge is -2.17. The van der Waals surface area contributed by atoms with Crippen molar-refractivity contribution in [3.63, 3.8) is 0 Å². The average Bonchev–Trinajstić information content (AvgIpc) is 2.77. The number of aryl methyl sites for hydroxylation is 1. The fourth-order valence-corrected chi connectivity index (χ4v) is 2.12. The van der Waals surface area contributed by atoms with E-state index in [2.05, 4.69) is 18.3 Å². The molecule has 0 radical (unpaired) electrons. The zero-order valence-corrected chi connectivity index (χ0v) is 12.2. The average molecular weight is 276 g/mol. The number of nitrogens with one attached hydrogen (secondary N) is 1. The first-order valence-electron chi connectivity index (χ1n) is 6.85. The Hall–Kier alpha value is -1.81. The first-order chi connectivity index (χ1) is 9.60. The van der Waals surface area contributed by atoms with Gasteiger partial charge in [0.1, 0.15) is 17.3 Å². The van der Waals surface area contributed by atoms with Crippen molar-refractivity contribution in [2.75, 3.05) is 18.5 Å². The fraction of sp³-hybridized carbons (Fsp3) is 0.375. The summed E-state index contributed by atoms with van der Waals surface area (Å²) in [6.07, 6.45) is 0. The third-order valence-electron chi connectivity index (χ3n) is 3.30. The van der Waals surface area contributed by atoms with Gasteiger partial charge in [0.15, 0.2) is 0 Å². The number of benzene rings is 1. The molecule has 0 spiro atoms. The zero-order chi connectivity index (χ0) is 14.5. The highest BCUT2D eigenvalue weighted by Gasteiger charge is 2.09. The molecule has 1 N–H and O–H groups in total. The Morgan fingerprint density at radius 1 is 1.25 bits per heavy atom. The summed E-state index contributed by atoms with van der Waals surface area (Å²) in [7, 11) is 1.97. The van der Waals surface area contributed by atoms with Crippen LogP contribution in [0.5, 0.6) is 0 Å². The highest BCUT2D eigenvalue weighted by molar-refractivity contribution is 5.45. The molecule has 0 amide bonds. The predicted molar refractivity (Wildman–Crippen MR) is 79.3 cm³/mol. The van der Waals surface area contributed by atoms with Crippen LogP contribution in [0.1, 0.15) is 24.0 Å². The number of hydrogen-bond acceptors (Lipinski definition) is 3. The number of rotatable bonds is 6. The van der Waals surface area contributed by atoms with Crippen molar-refractivity contribution < 1.29 is 8.81 Å². The largest absolute Gasteiger partial charge is 0.464 e. The van der Waals surface area contributed by atoms with E-state index in [9.17, 15) is 4.39 Å². The van der Waals surface area contributed by atoms with Crippen molar-refractivity contribution in [3.8, 4) is 0 Å². The first-order valence-corrected chi connectivity index (χ1v) is 6.85. The van der Waals surface area contributed by atoms with Crippen LogP contribution in [0.4, 0.5) is 10.1 Å². The lowest BCUT2D eigenvalue weighted by molar-refractivity contribution is 0.478. The summed E-state index contributed by atoms with van der Waals surface area (Å²) in [5.74, 6) is 1.65. The van der Waals surface area contributed by atoms with E-state index in [4.69, 9.17) is 4.42 Å². The molecule has 0 aliphatic heterocycles. The van der Waals surface area contributed by atoms with Crippen molar-refractivity contribution in [2.24, 2.45) is 0 Å². The first kappa shape index (κ1) is 14.6. The highest BCUT2D eigenvalue weighted by atomic mass is 19.1. The van der Waals surface area contributed by atoms with Gasteiger partial charge in [0.25, 0.3) is 0 Å². The minimum Gasteiger partial charge on any atom is -0.464 e. The summed E-state index contributed by atoms with van der Waals surface area (Å²) < 4.78 is 18.7. The van der Waals surface area contributed by atoms with Crippen molar-refractivity contribution in [3.05, 3.63) is 53.2 Å². The summed E-state index contributed by atoms with van der Waals surface area (Å²) in [4.78, 5) is 2.04. The Balaban J connectivity index is 2.04. The molecule has 0 atom stereocenters. The minimum atomic E-state index is -0.219. The Morgan fingerprint density at radius 2 is 1.95 bits per heavy atom. The molecule has 2 aromatic rings. The van der Waals surface area contributed by atoms with Crippen molar-refractivity contribution in [1.29, 1.82) is 0 Å². The van der Waals surface area contributed by atoms with E-state index in [1.54, 1.807) is 12.1 Å². The second-order valence-electron chi connectivity index (χ2n) is 4.91. The Bertz CT molecular complexity index is 548. The van der Waals surface area contributed by atoms with Crippen molar-refractivity contribution in [2.45, 2.75) is 26.9 Å². The molecule has 108 valence electrons. The van der Waals surface area contributed by atoms with E-state index in [1.165, 1.54) is 17.7 Å². The fourth-order valence-electron chi connectivity index (χ4n) is 2.12. The van der Waals surface area contributed by atoms with Crippen LogP contribution in [0.3, 0.4) is 0 Å². The van der Waals surface area contributed by atoms with Gasteiger partial charge >= 0.3 is 0 Å². The quantitative estimate of drug-likeness (QED) is 0.875. The molecule has 1 aromatic heterocycles. The van der Waals surface area contributed by atoms with Gasteiger partial charge in [-0.3, -0.25) is 0 Å². The lowest BCUT2D eigenvalue weighted by atomic mass is 10.2. The van der Waals surface area contributed by atoms with Crippen LogP contribution < -0.4 is 10.2 Å². The van der Waals surface area contributed by atoms with Gasteiger partial charge < -0.3 is 14.6 Å². The van der Waals surface area contributed by atoms with Crippen LogP contribution in [0.2, 0.25) is 0 Å². The van der Waals surface area contributed by atoms with Gasteiger partial charge in [0.2, 0.25) is 0 Å². The van der Waals surface area contributed by atoms with E-state index in [0.29, 0.717) is 6.54 Å². The summed E-state index contributed by atoms with van der Waals surface area (Å²) >= 11 is 0. The molecule has 0 fully saturated rings. The highest BCUT2D eigenvalue weighted by Crippen LogP contribution is 2.19. The van der Waals surface area contributed by atoms with Crippen molar-refractivity contribution in [1.82, 2.24) is 5.32 Å². The molecule has 20 heavy (non-hydrogen) atoms. The van der Waals surface area contributed by atoms with E-state index in [1.807, 2.05) is 18.9 Å². The van der Waals surface area contributed by atoms with Crippen LogP contribution >= 0.6 is 0 Å². The number of nitrogens with zero attached hydrogens (tertiary/aromatic N) is 1. The maximum atomic E-state index is 12.9. The molecule has 1 heterocycles. The van der Waals surface area contributed by atoms with Crippen molar-refractivity contribution >= 4 is 5.69 Å². The third-order valence-corrected chi connectivity index (χ3v) is 3.30. The van der Waals surface area contributed by atoms with Gasteiger partial charge in [-0.1, -0.05) is 6.92 Å². The Labute approximate surface area is 119 Å². The summed E-state index contributed by atoms with van der Waals surface area (Å²) in [6, 6.07) is 8.55. The molecule has 0 aliphatic carbocycles. The Morgan fingerprint density at radius 3 is 2.60 bits per heavy atom. The smallest absolute Gasteiger partial charge is 0.123 e. The van der Waals surface area contributed by atoms with Crippen LogP contribution in [-0.2, 0) is 13.1 Å². The SMILES string of the molecule is CCNCc1cc(CN(C)c2ccc(F)cc2)oc1C. The molecule has 4 heteroatoms. The topological polar surface area (TPSA) is 28.4 Å². The molecule has 0 aliphatic rings. The van der Waals surface area contributed by atoms with Crippen LogP contribution in [-0.4, -0.2) is 13.6 Å². The van der Waals surface area contributed by atoms with E-state index < -0.39 is 0 Å². The summed E-state index contributed by atoms with van der Waals surface area (Å²) in [5, 5.41) is 3.29. The zero-order valence-electron chi connectivity index (χ0n) is 12.2.